The molecule has 1 aromatic rings. The van der Waals surface area contributed by atoms with E-state index in [9.17, 15) is 4.79 Å². The molecule has 1 heterocycles. The number of esters is 1. The van der Waals surface area contributed by atoms with Gasteiger partial charge in [0, 0.05) is 6.54 Å². The van der Waals surface area contributed by atoms with Gasteiger partial charge in [0.05, 0.1) is 6.61 Å². The van der Waals surface area contributed by atoms with E-state index in [0.717, 1.165) is 6.54 Å². The second kappa shape index (κ2) is 6.94. The molecule has 1 aliphatic rings. The van der Waals surface area contributed by atoms with Gasteiger partial charge >= 0.3 is 5.97 Å². The van der Waals surface area contributed by atoms with E-state index >= 15 is 0 Å². The zero-order chi connectivity index (χ0) is 15.3. The SMILES string of the molecule is CCOC(=O)C(C)(C)Oc1ccc(CN2CCCC2)cc1. The highest BCUT2D eigenvalue weighted by Gasteiger charge is 2.31. The average Bonchev–Trinajstić information content (AvgIpc) is 2.94. The number of carbonyl (C=O) groups is 1. The Balaban J connectivity index is 1.93. The molecule has 1 fully saturated rings. The van der Waals surface area contributed by atoms with Gasteiger partial charge in [-0.3, -0.25) is 4.90 Å². The van der Waals surface area contributed by atoms with Gasteiger partial charge in [-0.15, -0.1) is 0 Å². The zero-order valence-corrected chi connectivity index (χ0v) is 13.2. The molecule has 0 radical (unpaired) electrons. The Morgan fingerprint density at radius 2 is 1.81 bits per heavy atom. The normalized spacial score (nSPS) is 16.0. The van der Waals surface area contributed by atoms with Crippen molar-refractivity contribution in [2.75, 3.05) is 19.7 Å². The van der Waals surface area contributed by atoms with Crippen LogP contribution >= 0.6 is 0 Å². The fraction of sp³-hybridized carbons (Fsp3) is 0.588. The summed E-state index contributed by atoms with van der Waals surface area (Å²) in [5.41, 5.74) is 0.310. The maximum Gasteiger partial charge on any atom is 0.349 e. The number of hydrogen-bond donors (Lipinski definition) is 0. The van der Waals surface area contributed by atoms with Crippen molar-refractivity contribution in [1.82, 2.24) is 4.90 Å². The number of nitrogens with zero attached hydrogens (tertiary/aromatic N) is 1. The number of hydrogen-bond acceptors (Lipinski definition) is 4. The summed E-state index contributed by atoms with van der Waals surface area (Å²) in [5.74, 6) is 0.351. The van der Waals surface area contributed by atoms with Gasteiger partial charge in [-0.05, 0) is 64.4 Å². The lowest BCUT2D eigenvalue weighted by molar-refractivity contribution is -0.158. The minimum absolute atomic E-state index is 0.342. The Bertz CT molecular complexity index is 461. The summed E-state index contributed by atoms with van der Waals surface area (Å²) in [6.45, 7) is 8.97. The topological polar surface area (TPSA) is 38.8 Å². The van der Waals surface area contributed by atoms with Gasteiger partial charge in [-0.1, -0.05) is 12.1 Å². The number of benzene rings is 1. The van der Waals surface area contributed by atoms with Crippen LogP contribution in [0.3, 0.4) is 0 Å². The number of likely N-dealkylation sites (tertiary alicyclic amines) is 1. The first-order valence-corrected chi connectivity index (χ1v) is 7.69. The van der Waals surface area contributed by atoms with E-state index in [1.165, 1.54) is 31.5 Å². The van der Waals surface area contributed by atoms with Crippen LogP contribution in [0.4, 0.5) is 0 Å². The fourth-order valence-corrected chi connectivity index (χ4v) is 2.50. The third-order valence-electron chi connectivity index (χ3n) is 3.67. The van der Waals surface area contributed by atoms with Crippen LogP contribution < -0.4 is 4.74 Å². The first-order chi connectivity index (χ1) is 10.0. The van der Waals surface area contributed by atoms with Crippen molar-refractivity contribution in [2.45, 2.75) is 45.8 Å². The van der Waals surface area contributed by atoms with E-state index in [1.807, 2.05) is 12.1 Å². The Labute approximate surface area is 127 Å². The molecule has 1 aromatic carbocycles. The first-order valence-electron chi connectivity index (χ1n) is 7.69. The van der Waals surface area contributed by atoms with Gasteiger partial charge in [0.25, 0.3) is 0 Å². The summed E-state index contributed by atoms with van der Waals surface area (Å²) >= 11 is 0. The lowest BCUT2D eigenvalue weighted by Crippen LogP contribution is -2.39. The lowest BCUT2D eigenvalue weighted by Gasteiger charge is -2.24. The highest BCUT2D eigenvalue weighted by molar-refractivity contribution is 5.79. The molecule has 0 saturated carbocycles. The Kier molecular flexibility index (Phi) is 5.23. The second-order valence-corrected chi connectivity index (χ2v) is 5.96. The van der Waals surface area contributed by atoms with Crippen molar-refractivity contribution in [1.29, 1.82) is 0 Å². The smallest absolute Gasteiger partial charge is 0.349 e. The van der Waals surface area contributed by atoms with Gasteiger partial charge in [0.15, 0.2) is 5.60 Å². The van der Waals surface area contributed by atoms with E-state index in [1.54, 1.807) is 20.8 Å². The van der Waals surface area contributed by atoms with Crippen LogP contribution in [-0.4, -0.2) is 36.2 Å². The Hall–Kier alpha value is -1.55. The summed E-state index contributed by atoms with van der Waals surface area (Å²) in [6, 6.07) is 7.97. The third kappa shape index (κ3) is 4.46. The maximum absolute atomic E-state index is 11.8. The van der Waals surface area contributed by atoms with Crippen molar-refractivity contribution in [3.63, 3.8) is 0 Å². The van der Waals surface area contributed by atoms with Gasteiger partial charge < -0.3 is 9.47 Å². The lowest BCUT2D eigenvalue weighted by atomic mass is 10.1. The van der Waals surface area contributed by atoms with Crippen LogP contribution in [-0.2, 0) is 16.1 Å². The number of carbonyl (C=O) groups excluding carboxylic acids is 1. The molecule has 0 aliphatic carbocycles. The molecular weight excluding hydrogens is 266 g/mol. The van der Waals surface area contributed by atoms with E-state index in [4.69, 9.17) is 9.47 Å². The standard InChI is InChI=1S/C17H25NO3/c1-4-20-16(19)17(2,3)21-15-9-7-14(8-10-15)13-18-11-5-6-12-18/h7-10H,4-6,11-13H2,1-3H3. The van der Waals surface area contributed by atoms with Gasteiger partial charge in [-0.25, -0.2) is 4.79 Å². The molecule has 0 N–H and O–H groups in total. The number of rotatable bonds is 6. The second-order valence-electron chi connectivity index (χ2n) is 5.96. The largest absolute Gasteiger partial charge is 0.476 e. The van der Waals surface area contributed by atoms with Crippen molar-refractivity contribution in [3.8, 4) is 5.75 Å². The van der Waals surface area contributed by atoms with Crippen LogP contribution in [0.25, 0.3) is 0 Å². The number of ether oxygens (including phenoxy) is 2. The molecule has 116 valence electrons. The molecule has 4 nitrogen and oxygen atoms in total. The summed E-state index contributed by atoms with van der Waals surface area (Å²) in [4.78, 5) is 14.3. The molecule has 0 atom stereocenters. The van der Waals surface area contributed by atoms with Gasteiger partial charge in [-0.2, -0.15) is 0 Å². The summed E-state index contributed by atoms with van der Waals surface area (Å²) in [6.07, 6.45) is 2.60. The predicted octanol–water partition coefficient (Wildman–Crippen LogP) is 3.00. The monoisotopic (exact) mass is 291 g/mol. The van der Waals surface area contributed by atoms with E-state index in [0.29, 0.717) is 12.4 Å². The van der Waals surface area contributed by atoms with Crippen LogP contribution in [0.15, 0.2) is 24.3 Å². The van der Waals surface area contributed by atoms with E-state index in [2.05, 4.69) is 17.0 Å². The van der Waals surface area contributed by atoms with Crippen LogP contribution in [0, 0.1) is 0 Å². The highest BCUT2D eigenvalue weighted by atomic mass is 16.6. The summed E-state index contributed by atoms with van der Waals surface area (Å²) in [5, 5.41) is 0. The van der Waals surface area contributed by atoms with Crippen LogP contribution in [0.2, 0.25) is 0 Å². The van der Waals surface area contributed by atoms with Gasteiger partial charge in [0.1, 0.15) is 5.75 Å². The molecule has 1 saturated heterocycles. The molecule has 0 unspecified atom stereocenters. The predicted molar refractivity (Wildman–Crippen MR) is 82.3 cm³/mol. The molecule has 0 amide bonds. The van der Waals surface area contributed by atoms with Crippen molar-refractivity contribution < 1.29 is 14.3 Å². The minimum Gasteiger partial charge on any atom is -0.476 e. The van der Waals surface area contributed by atoms with Crippen LogP contribution in [0.5, 0.6) is 5.75 Å². The highest BCUT2D eigenvalue weighted by Crippen LogP contribution is 2.21. The molecule has 0 bridgehead atoms. The molecule has 1 aliphatic heterocycles. The maximum atomic E-state index is 11.8. The van der Waals surface area contributed by atoms with Crippen LogP contribution in [0.1, 0.15) is 39.2 Å². The van der Waals surface area contributed by atoms with Crippen molar-refractivity contribution in [3.05, 3.63) is 29.8 Å². The molecule has 4 heteroatoms. The van der Waals surface area contributed by atoms with Gasteiger partial charge in [0.2, 0.25) is 0 Å². The minimum atomic E-state index is -0.966. The fourth-order valence-electron chi connectivity index (χ4n) is 2.50. The molecule has 21 heavy (non-hydrogen) atoms. The summed E-state index contributed by atoms with van der Waals surface area (Å²) in [7, 11) is 0. The average molecular weight is 291 g/mol. The molecular formula is C17H25NO3. The third-order valence-corrected chi connectivity index (χ3v) is 3.67. The molecule has 0 spiro atoms. The Morgan fingerprint density at radius 3 is 2.38 bits per heavy atom. The molecule has 0 aromatic heterocycles. The Morgan fingerprint density at radius 1 is 1.19 bits per heavy atom. The quantitative estimate of drug-likeness (QED) is 0.755. The van der Waals surface area contributed by atoms with Crippen molar-refractivity contribution >= 4 is 5.97 Å². The first kappa shape index (κ1) is 15.8. The summed E-state index contributed by atoms with van der Waals surface area (Å²) < 4.78 is 10.8. The zero-order valence-electron chi connectivity index (χ0n) is 13.2. The van der Waals surface area contributed by atoms with E-state index in [-0.39, 0.29) is 5.97 Å². The van der Waals surface area contributed by atoms with E-state index < -0.39 is 5.60 Å². The molecule has 2 rings (SSSR count). The van der Waals surface area contributed by atoms with Crippen molar-refractivity contribution in [2.24, 2.45) is 0 Å².